The third-order valence-electron chi connectivity index (χ3n) is 11.4. The molecule has 58 heavy (non-hydrogen) atoms. The van der Waals surface area contributed by atoms with E-state index in [4.69, 9.17) is 15.0 Å². The van der Waals surface area contributed by atoms with Gasteiger partial charge >= 0.3 is 0 Å². The van der Waals surface area contributed by atoms with Crippen molar-refractivity contribution in [2.45, 2.75) is 15.2 Å². The van der Waals surface area contributed by atoms with Gasteiger partial charge < -0.3 is 0 Å². The first kappa shape index (κ1) is 33.9. The standard InChI is InChI=1S/C53H32N4S/c54-33-40-23-13-27-44-48(40)49-41(24-14-28-45(49)53(44)42-25-7-9-29-46(42)58-47-30-10-8-26-43(47)53)38-21-11-19-36(31-38)37-20-12-22-39(32-37)52-56-50(34-15-3-1-4-16-34)55-51(57-52)35-17-5-2-6-18-35/h1-32H. The van der Waals surface area contributed by atoms with Crippen LogP contribution in [-0.4, -0.2) is 15.0 Å². The van der Waals surface area contributed by atoms with Crippen LogP contribution in [0.5, 0.6) is 0 Å². The van der Waals surface area contributed by atoms with Gasteiger partial charge in [-0.2, -0.15) is 5.26 Å². The zero-order chi connectivity index (χ0) is 38.6. The van der Waals surface area contributed by atoms with Crippen molar-refractivity contribution in [2.24, 2.45) is 0 Å². The number of rotatable bonds is 5. The minimum atomic E-state index is -0.570. The highest BCUT2D eigenvalue weighted by molar-refractivity contribution is 7.99. The van der Waals surface area contributed by atoms with Gasteiger partial charge in [-0.1, -0.05) is 176 Å². The Balaban J connectivity index is 1.07. The SMILES string of the molecule is N#Cc1cccc2c1-c1c(-c3cccc(-c4cccc(-c5nc(-c6ccccc6)nc(-c6ccccc6)n5)c4)c3)cccc1C21c2ccccc2Sc2ccccc21. The van der Waals surface area contributed by atoms with Crippen LogP contribution < -0.4 is 0 Å². The maximum Gasteiger partial charge on any atom is 0.164 e. The van der Waals surface area contributed by atoms with Crippen LogP contribution in [0.25, 0.3) is 67.5 Å². The summed E-state index contributed by atoms with van der Waals surface area (Å²) in [6.45, 7) is 0. The molecule has 0 unspecified atom stereocenters. The summed E-state index contributed by atoms with van der Waals surface area (Å²) >= 11 is 1.82. The molecule has 0 fully saturated rings. The molecule has 2 heterocycles. The van der Waals surface area contributed by atoms with Crippen molar-refractivity contribution in [3.05, 3.63) is 222 Å². The molecular formula is C53H32N4S. The number of hydrogen-bond donors (Lipinski definition) is 0. The zero-order valence-electron chi connectivity index (χ0n) is 31.2. The Kier molecular flexibility index (Phi) is 7.99. The van der Waals surface area contributed by atoms with Crippen molar-refractivity contribution in [2.75, 3.05) is 0 Å². The van der Waals surface area contributed by atoms with Crippen LogP contribution in [0.3, 0.4) is 0 Å². The molecule has 1 spiro atoms. The van der Waals surface area contributed by atoms with Gasteiger partial charge in [0.25, 0.3) is 0 Å². The largest absolute Gasteiger partial charge is 0.208 e. The van der Waals surface area contributed by atoms with Crippen LogP contribution in [0.1, 0.15) is 27.8 Å². The summed E-state index contributed by atoms with van der Waals surface area (Å²) in [6, 6.07) is 70.3. The molecule has 4 nitrogen and oxygen atoms in total. The van der Waals surface area contributed by atoms with Gasteiger partial charge in [0.05, 0.1) is 17.0 Å². The Morgan fingerprint density at radius 1 is 0.379 bits per heavy atom. The number of nitriles is 1. The molecule has 0 amide bonds. The molecule has 0 N–H and O–H groups in total. The van der Waals surface area contributed by atoms with E-state index in [9.17, 15) is 5.26 Å². The van der Waals surface area contributed by atoms with Gasteiger partial charge in [-0.3, -0.25) is 0 Å². The highest BCUT2D eigenvalue weighted by Crippen LogP contribution is 2.64. The van der Waals surface area contributed by atoms with E-state index < -0.39 is 5.41 Å². The molecule has 0 bridgehead atoms. The fraction of sp³-hybridized carbons (Fsp3) is 0.0189. The first-order chi connectivity index (χ1) is 28.7. The Morgan fingerprint density at radius 2 is 0.810 bits per heavy atom. The molecule has 11 rings (SSSR count). The predicted molar refractivity (Wildman–Crippen MR) is 233 cm³/mol. The molecule has 1 aliphatic carbocycles. The summed E-state index contributed by atoms with van der Waals surface area (Å²) in [7, 11) is 0. The van der Waals surface area contributed by atoms with Crippen LogP contribution in [0, 0.1) is 11.3 Å². The average Bonchev–Trinajstić information content (AvgIpc) is 3.60. The zero-order valence-corrected chi connectivity index (χ0v) is 32.0. The molecule has 0 saturated heterocycles. The summed E-state index contributed by atoms with van der Waals surface area (Å²) in [5.41, 5.74) is 14.2. The van der Waals surface area contributed by atoms with E-state index in [2.05, 4.69) is 127 Å². The van der Waals surface area contributed by atoms with Crippen molar-refractivity contribution >= 4 is 11.8 Å². The minimum Gasteiger partial charge on any atom is -0.208 e. The van der Waals surface area contributed by atoms with Gasteiger partial charge in [-0.05, 0) is 80.4 Å². The number of hydrogen-bond acceptors (Lipinski definition) is 5. The lowest BCUT2D eigenvalue weighted by atomic mass is 9.67. The van der Waals surface area contributed by atoms with Crippen molar-refractivity contribution in [3.63, 3.8) is 0 Å². The van der Waals surface area contributed by atoms with E-state index in [1.807, 2.05) is 84.6 Å². The van der Waals surface area contributed by atoms with Crippen molar-refractivity contribution in [1.29, 1.82) is 5.26 Å². The molecule has 9 aromatic rings. The first-order valence-corrected chi connectivity index (χ1v) is 20.1. The summed E-state index contributed by atoms with van der Waals surface area (Å²) in [6.07, 6.45) is 0. The lowest BCUT2D eigenvalue weighted by Crippen LogP contribution is -2.31. The Hall–Kier alpha value is -7.39. The van der Waals surface area contributed by atoms with Gasteiger partial charge in [0.1, 0.15) is 0 Å². The fourth-order valence-electron chi connectivity index (χ4n) is 8.96. The van der Waals surface area contributed by atoms with Gasteiger partial charge in [0.2, 0.25) is 0 Å². The number of aromatic nitrogens is 3. The topological polar surface area (TPSA) is 62.5 Å². The van der Waals surface area contributed by atoms with E-state index >= 15 is 0 Å². The smallest absolute Gasteiger partial charge is 0.164 e. The second-order valence-corrected chi connectivity index (χ2v) is 15.7. The highest BCUT2D eigenvalue weighted by atomic mass is 32.2. The van der Waals surface area contributed by atoms with E-state index in [0.717, 1.165) is 55.6 Å². The van der Waals surface area contributed by atoms with Gasteiger partial charge in [0, 0.05) is 32.0 Å². The normalized spacial score (nSPS) is 12.9. The van der Waals surface area contributed by atoms with E-state index in [1.54, 1.807) is 0 Å². The molecule has 8 aromatic carbocycles. The number of benzene rings is 8. The molecule has 1 aromatic heterocycles. The molecule has 0 radical (unpaired) electrons. The lowest BCUT2D eigenvalue weighted by molar-refractivity contribution is 0.722. The molecule has 2 aliphatic rings. The molecule has 5 heteroatoms. The maximum absolute atomic E-state index is 10.7. The summed E-state index contributed by atoms with van der Waals surface area (Å²) in [4.78, 5) is 17.4. The summed E-state index contributed by atoms with van der Waals surface area (Å²) < 4.78 is 0. The van der Waals surface area contributed by atoms with Crippen molar-refractivity contribution < 1.29 is 0 Å². The quantitative estimate of drug-likeness (QED) is 0.175. The van der Waals surface area contributed by atoms with E-state index in [1.165, 1.54) is 26.5 Å². The number of nitrogens with zero attached hydrogens (tertiary/aromatic N) is 4. The minimum absolute atomic E-state index is 0.570. The maximum atomic E-state index is 10.7. The molecular weight excluding hydrogens is 725 g/mol. The summed E-state index contributed by atoms with van der Waals surface area (Å²) in [5.74, 6) is 1.88. The Labute approximate surface area is 341 Å². The third-order valence-corrected chi connectivity index (χ3v) is 12.6. The van der Waals surface area contributed by atoms with Crippen LogP contribution in [-0.2, 0) is 5.41 Å². The monoisotopic (exact) mass is 756 g/mol. The van der Waals surface area contributed by atoms with Gasteiger partial charge in [0.15, 0.2) is 17.5 Å². The van der Waals surface area contributed by atoms with Crippen LogP contribution in [0.15, 0.2) is 204 Å². The average molecular weight is 757 g/mol. The predicted octanol–water partition coefficient (Wildman–Crippen LogP) is 12.9. The van der Waals surface area contributed by atoms with Crippen LogP contribution in [0.4, 0.5) is 0 Å². The van der Waals surface area contributed by atoms with Gasteiger partial charge in [-0.15, -0.1) is 0 Å². The van der Waals surface area contributed by atoms with E-state index in [0.29, 0.717) is 23.0 Å². The molecule has 0 atom stereocenters. The van der Waals surface area contributed by atoms with Crippen molar-refractivity contribution in [1.82, 2.24) is 15.0 Å². The third kappa shape index (κ3) is 5.27. The first-order valence-electron chi connectivity index (χ1n) is 19.3. The highest BCUT2D eigenvalue weighted by Gasteiger charge is 2.51. The van der Waals surface area contributed by atoms with Crippen LogP contribution in [0.2, 0.25) is 0 Å². The van der Waals surface area contributed by atoms with E-state index in [-0.39, 0.29) is 0 Å². The molecule has 0 saturated carbocycles. The van der Waals surface area contributed by atoms with Crippen molar-refractivity contribution in [3.8, 4) is 73.6 Å². The molecule has 270 valence electrons. The molecule has 1 aliphatic heterocycles. The fourth-order valence-corrected chi connectivity index (χ4v) is 10.2. The second-order valence-electron chi connectivity index (χ2n) is 14.6. The Morgan fingerprint density at radius 3 is 1.41 bits per heavy atom. The lowest BCUT2D eigenvalue weighted by Gasteiger charge is -2.39. The second kappa shape index (κ2) is 13.7. The number of fused-ring (bicyclic) bond motifs is 9. The van der Waals surface area contributed by atoms with Gasteiger partial charge in [-0.25, -0.2) is 15.0 Å². The van der Waals surface area contributed by atoms with Crippen LogP contribution >= 0.6 is 11.8 Å². The summed E-state index contributed by atoms with van der Waals surface area (Å²) in [5, 5.41) is 10.7. The Bertz CT molecular complexity index is 3010.